The predicted molar refractivity (Wildman–Crippen MR) is 39.7 cm³/mol. The summed E-state index contributed by atoms with van der Waals surface area (Å²) in [5, 5.41) is 0. The van der Waals surface area contributed by atoms with Crippen LogP contribution in [0.25, 0.3) is 0 Å². The predicted octanol–water partition coefficient (Wildman–Crippen LogP) is 1.35. The first kappa shape index (κ1) is 9.57. The Kier molecular flexibility index (Phi) is 5.13. The summed E-state index contributed by atoms with van der Waals surface area (Å²) in [7, 11) is -0.585. The Hall–Kier alpha value is -0.430. The van der Waals surface area contributed by atoms with Crippen molar-refractivity contribution in [1.29, 1.82) is 0 Å². The van der Waals surface area contributed by atoms with E-state index < -0.39 is 14.1 Å². The first-order valence-electron chi connectivity index (χ1n) is 3.30. The summed E-state index contributed by atoms with van der Waals surface area (Å²) in [6.45, 7) is 3.91. The molecule has 4 heteroatoms. The molecule has 0 heterocycles. The molecule has 58 valence electrons. The molecule has 0 aliphatic heterocycles. The number of ether oxygens (including phenoxy) is 1. The lowest BCUT2D eigenvalue weighted by Gasteiger charge is -1.99. The third-order valence-corrected chi connectivity index (χ3v) is 2.05. The summed E-state index contributed by atoms with van der Waals surface area (Å²) >= 11 is 0. The zero-order valence-corrected chi connectivity index (χ0v) is 7.22. The Morgan fingerprint density at radius 1 is 1.60 bits per heavy atom. The van der Waals surface area contributed by atoms with Crippen LogP contribution in [0.1, 0.15) is 20.3 Å². The minimum Gasteiger partial charge on any atom is -0.463 e. The molecule has 0 aliphatic rings. The largest absolute Gasteiger partial charge is 0.463 e. The molecular weight excluding hydrogens is 151 g/mol. The van der Waals surface area contributed by atoms with Gasteiger partial charge in [0.05, 0.1) is 6.61 Å². The Morgan fingerprint density at radius 2 is 2.20 bits per heavy atom. The number of hydrogen-bond acceptors (Lipinski definition) is 3. The van der Waals surface area contributed by atoms with Gasteiger partial charge in [0.1, 0.15) is 0 Å². The normalized spacial score (nSPS) is 13.0. The van der Waals surface area contributed by atoms with E-state index in [2.05, 4.69) is 4.74 Å². The molecule has 0 fully saturated rings. The Balaban J connectivity index is 3.76. The molecule has 2 unspecified atom stereocenters. The van der Waals surface area contributed by atoms with E-state index in [0.717, 1.165) is 0 Å². The van der Waals surface area contributed by atoms with Gasteiger partial charge in [-0.15, -0.1) is 0 Å². The van der Waals surface area contributed by atoms with Crippen molar-refractivity contribution in [1.82, 2.24) is 0 Å². The van der Waals surface area contributed by atoms with E-state index >= 15 is 0 Å². The van der Waals surface area contributed by atoms with Crippen molar-refractivity contribution in [2.45, 2.75) is 25.9 Å². The Labute approximate surface area is 62.0 Å². The third-order valence-electron chi connectivity index (χ3n) is 1.12. The van der Waals surface area contributed by atoms with Crippen LogP contribution in [-0.4, -0.2) is 18.2 Å². The van der Waals surface area contributed by atoms with Crippen LogP contribution >= 0.6 is 8.46 Å². The van der Waals surface area contributed by atoms with Crippen molar-refractivity contribution in [3.63, 3.8) is 0 Å². The van der Waals surface area contributed by atoms with Crippen LogP contribution in [0.4, 0.5) is 0 Å². The molecule has 0 spiro atoms. The Morgan fingerprint density at radius 3 is 2.50 bits per heavy atom. The highest BCUT2D eigenvalue weighted by atomic mass is 31.1. The molecule has 0 saturated carbocycles. The zero-order valence-electron chi connectivity index (χ0n) is 6.22. The van der Waals surface area contributed by atoms with Gasteiger partial charge in [-0.25, -0.2) is 4.79 Å². The minimum absolute atomic E-state index is 0.349. The highest BCUT2D eigenvalue weighted by Crippen LogP contribution is 2.11. The molecule has 0 aliphatic carbocycles. The Bertz CT molecular complexity index is 124. The van der Waals surface area contributed by atoms with Crippen LogP contribution in [0, 0.1) is 0 Å². The van der Waals surface area contributed by atoms with Gasteiger partial charge in [0.2, 0.25) is 5.66 Å². The molecule has 2 atom stereocenters. The topological polar surface area (TPSA) is 43.4 Å². The van der Waals surface area contributed by atoms with Crippen molar-refractivity contribution in [2.24, 2.45) is 0 Å². The van der Waals surface area contributed by atoms with Gasteiger partial charge in [-0.3, -0.25) is 0 Å². The first-order chi connectivity index (χ1) is 4.76. The second kappa shape index (κ2) is 5.36. The van der Waals surface area contributed by atoms with Gasteiger partial charge < -0.3 is 4.74 Å². The number of rotatable bonds is 4. The van der Waals surface area contributed by atoms with E-state index in [4.69, 9.17) is 0 Å². The molecule has 0 rings (SSSR count). The molecule has 0 aromatic carbocycles. The van der Waals surface area contributed by atoms with Crippen LogP contribution in [0.2, 0.25) is 0 Å². The van der Waals surface area contributed by atoms with Crippen LogP contribution < -0.4 is 0 Å². The summed E-state index contributed by atoms with van der Waals surface area (Å²) in [6.07, 6.45) is 0.584. The smallest absolute Gasteiger partial charge is 0.357 e. The van der Waals surface area contributed by atoms with Crippen molar-refractivity contribution < 1.29 is 14.1 Å². The highest BCUT2D eigenvalue weighted by Gasteiger charge is 2.24. The molecule has 0 saturated heterocycles. The van der Waals surface area contributed by atoms with Crippen LogP contribution in [-0.2, 0) is 14.1 Å². The van der Waals surface area contributed by atoms with E-state index in [1.54, 1.807) is 6.92 Å². The fourth-order valence-electron chi connectivity index (χ4n) is 0.541. The molecule has 0 N–H and O–H groups in total. The lowest BCUT2D eigenvalue weighted by atomic mass is 10.3. The highest BCUT2D eigenvalue weighted by molar-refractivity contribution is 7.26. The summed E-state index contributed by atoms with van der Waals surface area (Å²) in [5.74, 6) is -0.349. The minimum atomic E-state index is -0.585. The molecule has 3 nitrogen and oxygen atoms in total. The fraction of sp³-hybridized carbons (Fsp3) is 0.833. The summed E-state index contributed by atoms with van der Waals surface area (Å²) < 4.78 is 15.0. The molecule has 0 bridgehead atoms. The molecule has 0 radical (unpaired) electrons. The summed E-state index contributed by atoms with van der Waals surface area (Å²) in [4.78, 5) is 10.8. The number of carbonyl (C=O) groups excluding carboxylic acids is 1. The van der Waals surface area contributed by atoms with Gasteiger partial charge in [-0.1, -0.05) is 11.5 Å². The lowest BCUT2D eigenvalue weighted by Crippen LogP contribution is -2.16. The van der Waals surface area contributed by atoms with E-state index in [0.29, 0.717) is 13.0 Å². The zero-order chi connectivity index (χ0) is 7.98. The molecule has 0 amide bonds. The van der Waals surface area contributed by atoms with Crippen LogP contribution in [0.15, 0.2) is 0 Å². The van der Waals surface area contributed by atoms with Crippen molar-refractivity contribution >= 4 is 14.4 Å². The van der Waals surface area contributed by atoms with Crippen molar-refractivity contribution in [2.75, 3.05) is 6.61 Å². The quantitative estimate of drug-likeness (QED) is 0.464. The monoisotopic (exact) mass is 163 g/mol. The number of esters is 1. The number of hydrogen-bond donors (Lipinski definition) is 0. The van der Waals surface area contributed by atoms with Gasteiger partial charge in [0.25, 0.3) is 0 Å². The lowest BCUT2D eigenvalue weighted by molar-refractivity contribution is -0.142. The third kappa shape index (κ3) is 2.92. The molecule has 10 heavy (non-hydrogen) atoms. The average Bonchev–Trinajstić information content (AvgIpc) is 1.91. The summed E-state index contributed by atoms with van der Waals surface area (Å²) in [5.41, 5.74) is -0.417. The molecule has 0 aromatic heterocycles. The van der Waals surface area contributed by atoms with Gasteiger partial charge in [-0.2, -0.15) is 0 Å². The molecular formula is C6H12O3P+. The summed E-state index contributed by atoms with van der Waals surface area (Å²) in [6, 6.07) is 0. The van der Waals surface area contributed by atoms with E-state index in [1.165, 1.54) is 0 Å². The fourth-order valence-corrected chi connectivity index (χ4v) is 0.887. The average molecular weight is 163 g/mol. The number of carbonyl (C=O) groups is 1. The van der Waals surface area contributed by atoms with Crippen molar-refractivity contribution in [3.05, 3.63) is 0 Å². The maximum Gasteiger partial charge on any atom is 0.357 e. The van der Waals surface area contributed by atoms with Gasteiger partial charge in [0, 0.05) is 6.42 Å². The van der Waals surface area contributed by atoms with E-state index in [9.17, 15) is 9.36 Å². The SMILES string of the molecule is CCOC(=O)C(CC)[PH+]=O. The van der Waals surface area contributed by atoms with Crippen LogP contribution in [0.3, 0.4) is 0 Å². The standard InChI is InChI=1S/C6H11O3P/c1-3-5(10-8)6(7)9-4-2/h5H,3-4H2,1-2H3/p+1. The molecule has 0 aromatic rings. The van der Waals surface area contributed by atoms with E-state index in [-0.39, 0.29) is 5.97 Å². The van der Waals surface area contributed by atoms with Gasteiger partial charge in [-0.05, 0) is 6.92 Å². The van der Waals surface area contributed by atoms with Gasteiger partial charge in [0.15, 0.2) is 0 Å². The first-order valence-corrected chi connectivity index (χ1v) is 4.29. The van der Waals surface area contributed by atoms with Crippen molar-refractivity contribution in [3.8, 4) is 0 Å². The maximum atomic E-state index is 10.8. The van der Waals surface area contributed by atoms with Gasteiger partial charge >= 0.3 is 14.4 Å². The van der Waals surface area contributed by atoms with Crippen LogP contribution in [0.5, 0.6) is 0 Å². The van der Waals surface area contributed by atoms with E-state index in [1.807, 2.05) is 6.92 Å². The maximum absolute atomic E-state index is 10.8. The second-order valence-electron chi connectivity index (χ2n) is 1.83. The second-order valence-corrected chi connectivity index (χ2v) is 2.76.